The number of carboxylic acids is 1. The summed E-state index contributed by atoms with van der Waals surface area (Å²) in [5.74, 6) is -1.86. The minimum atomic E-state index is -1.15. The summed E-state index contributed by atoms with van der Waals surface area (Å²) >= 11 is 0. The molecule has 7 nitrogen and oxygen atoms in total. The number of carbonyl (C=O) groups is 3. The molecule has 0 aromatic carbocycles. The van der Waals surface area contributed by atoms with Gasteiger partial charge in [-0.1, -0.05) is 26.7 Å². The van der Waals surface area contributed by atoms with E-state index < -0.39 is 24.5 Å². The molecule has 0 spiro atoms. The third kappa shape index (κ3) is 4.61. The molecule has 3 amide bonds. The van der Waals surface area contributed by atoms with Crippen molar-refractivity contribution in [1.82, 2.24) is 9.80 Å². The van der Waals surface area contributed by atoms with Gasteiger partial charge in [0.25, 0.3) is 0 Å². The molecule has 0 radical (unpaired) electrons. The second-order valence-corrected chi connectivity index (χ2v) is 5.69. The summed E-state index contributed by atoms with van der Waals surface area (Å²) in [6, 6.07) is -0.419. The quantitative estimate of drug-likeness (QED) is 0.759. The maximum Gasteiger partial charge on any atom is 0.323 e. The Morgan fingerprint density at radius 1 is 1.14 bits per heavy atom. The first-order valence-electron chi connectivity index (χ1n) is 7.37. The highest BCUT2D eigenvalue weighted by Gasteiger charge is 2.34. The number of carbonyl (C=O) groups excluding carboxylic acids is 2. The molecule has 1 heterocycles. The summed E-state index contributed by atoms with van der Waals surface area (Å²) in [6.45, 7) is 4.62. The van der Waals surface area contributed by atoms with Gasteiger partial charge in [-0.3, -0.25) is 9.59 Å². The van der Waals surface area contributed by atoms with Crippen LogP contribution in [-0.4, -0.2) is 59.0 Å². The van der Waals surface area contributed by atoms with E-state index in [0.29, 0.717) is 13.1 Å². The third-order valence-corrected chi connectivity index (χ3v) is 4.54. The first-order valence-corrected chi connectivity index (χ1v) is 7.37. The molecule has 120 valence electrons. The molecule has 0 aromatic rings. The Kier molecular flexibility index (Phi) is 5.99. The molecule has 1 rings (SSSR count). The van der Waals surface area contributed by atoms with Crippen molar-refractivity contribution in [3.05, 3.63) is 0 Å². The first kappa shape index (κ1) is 17.3. The lowest BCUT2D eigenvalue weighted by molar-refractivity contribution is -0.138. The summed E-state index contributed by atoms with van der Waals surface area (Å²) in [7, 11) is 0. The van der Waals surface area contributed by atoms with Crippen LogP contribution in [0.3, 0.4) is 0 Å². The highest BCUT2D eigenvalue weighted by atomic mass is 16.4. The van der Waals surface area contributed by atoms with Crippen LogP contribution in [0, 0.1) is 5.41 Å². The number of likely N-dealkylation sites (tertiary alicyclic amines) is 1. The molecule has 0 bridgehead atoms. The fourth-order valence-corrected chi connectivity index (χ4v) is 2.87. The number of hydrogen-bond donors (Lipinski definition) is 2. The van der Waals surface area contributed by atoms with Crippen molar-refractivity contribution >= 4 is 17.9 Å². The van der Waals surface area contributed by atoms with Crippen molar-refractivity contribution < 1.29 is 19.5 Å². The molecule has 1 aliphatic rings. The van der Waals surface area contributed by atoms with Crippen molar-refractivity contribution in [2.45, 2.75) is 39.5 Å². The van der Waals surface area contributed by atoms with E-state index in [1.165, 1.54) is 0 Å². The van der Waals surface area contributed by atoms with Crippen molar-refractivity contribution in [2.24, 2.45) is 11.1 Å². The number of hydrogen-bond acceptors (Lipinski definition) is 3. The van der Waals surface area contributed by atoms with Crippen LogP contribution in [-0.2, 0) is 9.59 Å². The minimum absolute atomic E-state index is 0.276. The number of urea groups is 1. The van der Waals surface area contributed by atoms with E-state index in [1.807, 2.05) is 0 Å². The van der Waals surface area contributed by atoms with E-state index in [4.69, 9.17) is 10.8 Å². The highest BCUT2D eigenvalue weighted by molar-refractivity contribution is 5.86. The van der Waals surface area contributed by atoms with Gasteiger partial charge in [-0.05, 0) is 18.3 Å². The number of rotatable bonds is 6. The SMILES string of the molecule is CCC1(CC)CCN(C(=O)N(CC(N)=O)CC(=O)O)CC1. The largest absolute Gasteiger partial charge is 0.480 e. The van der Waals surface area contributed by atoms with Gasteiger partial charge in [-0.2, -0.15) is 0 Å². The molecule has 3 N–H and O–H groups in total. The predicted octanol–water partition coefficient (Wildman–Crippen LogP) is 0.881. The second kappa shape index (κ2) is 7.28. The van der Waals surface area contributed by atoms with Crippen LogP contribution in [0.4, 0.5) is 4.79 Å². The minimum Gasteiger partial charge on any atom is -0.480 e. The van der Waals surface area contributed by atoms with Gasteiger partial charge in [0.15, 0.2) is 0 Å². The van der Waals surface area contributed by atoms with E-state index >= 15 is 0 Å². The van der Waals surface area contributed by atoms with Crippen LogP contribution in [0.15, 0.2) is 0 Å². The smallest absolute Gasteiger partial charge is 0.323 e. The van der Waals surface area contributed by atoms with E-state index in [-0.39, 0.29) is 12.0 Å². The van der Waals surface area contributed by atoms with E-state index in [2.05, 4.69) is 13.8 Å². The number of carboxylic acid groups (broad SMARTS) is 1. The molecule has 0 aromatic heterocycles. The molecule has 1 saturated heterocycles. The molecule has 7 heteroatoms. The maximum atomic E-state index is 12.3. The Balaban J connectivity index is 2.68. The first-order chi connectivity index (χ1) is 9.83. The Hall–Kier alpha value is -1.79. The lowest BCUT2D eigenvalue weighted by Crippen LogP contribution is -2.52. The zero-order valence-corrected chi connectivity index (χ0v) is 12.8. The number of aliphatic carboxylic acids is 1. The van der Waals surface area contributed by atoms with E-state index in [9.17, 15) is 14.4 Å². The Morgan fingerprint density at radius 2 is 1.67 bits per heavy atom. The van der Waals surface area contributed by atoms with Gasteiger partial charge in [0.1, 0.15) is 13.1 Å². The average molecular weight is 299 g/mol. The van der Waals surface area contributed by atoms with Crippen molar-refractivity contribution in [1.29, 1.82) is 0 Å². The fourth-order valence-electron chi connectivity index (χ4n) is 2.87. The van der Waals surface area contributed by atoms with Crippen LogP contribution in [0.5, 0.6) is 0 Å². The number of nitrogens with two attached hydrogens (primary N) is 1. The summed E-state index contributed by atoms with van der Waals surface area (Å²) < 4.78 is 0. The predicted molar refractivity (Wildman–Crippen MR) is 77.6 cm³/mol. The van der Waals surface area contributed by atoms with Gasteiger partial charge >= 0.3 is 12.0 Å². The zero-order chi connectivity index (χ0) is 16.0. The van der Waals surface area contributed by atoms with Crippen molar-refractivity contribution in [3.63, 3.8) is 0 Å². The molecule has 0 unspecified atom stereocenters. The molecule has 1 fully saturated rings. The zero-order valence-electron chi connectivity index (χ0n) is 12.8. The summed E-state index contributed by atoms with van der Waals surface area (Å²) in [5.41, 5.74) is 5.35. The monoisotopic (exact) mass is 299 g/mol. The van der Waals surface area contributed by atoms with Gasteiger partial charge in [-0.15, -0.1) is 0 Å². The number of piperidine rings is 1. The van der Waals surface area contributed by atoms with Gasteiger partial charge < -0.3 is 20.6 Å². The topological polar surface area (TPSA) is 104 Å². The summed E-state index contributed by atoms with van der Waals surface area (Å²) in [5, 5.41) is 8.84. The molecule has 0 aliphatic carbocycles. The van der Waals surface area contributed by atoms with Crippen LogP contribution < -0.4 is 5.73 Å². The van der Waals surface area contributed by atoms with Gasteiger partial charge in [-0.25, -0.2) is 4.79 Å². The Morgan fingerprint density at radius 3 is 2.05 bits per heavy atom. The maximum absolute atomic E-state index is 12.3. The normalized spacial score (nSPS) is 17.3. The molecule has 21 heavy (non-hydrogen) atoms. The average Bonchev–Trinajstić information content (AvgIpc) is 2.45. The Bertz CT molecular complexity index is 381. The Labute approximate surface area is 125 Å². The molecular formula is C14H25N3O4. The lowest BCUT2D eigenvalue weighted by atomic mass is 9.74. The molecule has 1 aliphatic heterocycles. The van der Waals surface area contributed by atoms with Crippen LogP contribution in [0.25, 0.3) is 0 Å². The molecule has 0 atom stereocenters. The lowest BCUT2D eigenvalue weighted by Gasteiger charge is -2.42. The number of amides is 3. The van der Waals surface area contributed by atoms with Gasteiger partial charge in [0, 0.05) is 13.1 Å². The second-order valence-electron chi connectivity index (χ2n) is 5.69. The van der Waals surface area contributed by atoms with Crippen LogP contribution >= 0.6 is 0 Å². The van der Waals surface area contributed by atoms with Gasteiger partial charge in [0.05, 0.1) is 0 Å². The number of primary amides is 1. The van der Waals surface area contributed by atoms with Crippen LogP contribution in [0.1, 0.15) is 39.5 Å². The summed E-state index contributed by atoms with van der Waals surface area (Å²) in [6.07, 6.45) is 3.96. The standard InChI is InChI=1S/C14H25N3O4/c1-3-14(4-2)5-7-16(8-6-14)13(21)17(9-11(15)18)10-12(19)20/h3-10H2,1-2H3,(H2,15,18)(H,19,20). The number of nitrogens with zero attached hydrogens (tertiary/aromatic N) is 2. The molecular weight excluding hydrogens is 274 g/mol. The van der Waals surface area contributed by atoms with Crippen LogP contribution in [0.2, 0.25) is 0 Å². The summed E-state index contributed by atoms with van der Waals surface area (Å²) in [4.78, 5) is 36.8. The van der Waals surface area contributed by atoms with Gasteiger partial charge in [0.2, 0.25) is 5.91 Å². The van der Waals surface area contributed by atoms with Crippen molar-refractivity contribution in [3.8, 4) is 0 Å². The van der Waals surface area contributed by atoms with E-state index in [1.54, 1.807) is 4.90 Å². The third-order valence-electron chi connectivity index (χ3n) is 4.54. The highest BCUT2D eigenvalue weighted by Crippen LogP contribution is 2.38. The van der Waals surface area contributed by atoms with E-state index in [0.717, 1.165) is 30.6 Å². The fraction of sp³-hybridized carbons (Fsp3) is 0.786. The molecule has 0 saturated carbocycles. The van der Waals surface area contributed by atoms with Crippen molar-refractivity contribution in [2.75, 3.05) is 26.2 Å².